The molecule has 5 heteroatoms. The Morgan fingerprint density at radius 1 is 0.407 bits per heavy atom. The van der Waals surface area contributed by atoms with E-state index in [-0.39, 0.29) is 31.6 Å². The Balaban J connectivity index is 3.61. The number of aliphatic hydroxyl groups is 1. The van der Waals surface area contributed by atoms with Crippen molar-refractivity contribution in [2.75, 3.05) is 13.2 Å². The molecule has 0 amide bonds. The van der Waals surface area contributed by atoms with Gasteiger partial charge in [0.05, 0.1) is 6.61 Å². The number of hydrogen-bond acceptors (Lipinski definition) is 5. The predicted molar refractivity (Wildman–Crippen MR) is 256 cm³/mol. The molecule has 0 saturated heterocycles. The van der Waals surface area contributed by atoms with Gasteiger partial charge >= 0.3 is 11.9 Å². The van der Waals surface area contributed by atoms with E-state index < -0.39 is 6.10 Å². The van der Waals surface area contributed by atoms with Crippen molar-refractivity contribution in [3.05, 3.63) is 85.1 Å². The Morgan fingerprint density at radius 2 is 0.729 bits per heavy atom. The van der Waals surface area contributed by atoms with Gasteiger partial charge in [0.2, 0.25) is 0 Å². The zero-order valence-corrected chi connectivity index (χ0v) is 38.5. The first-order valence-electron chi connectivity index (χ1n) is 24.6. The van der Waals surface area contributed by atoms with Crippen molar-refractivity contribution in [1.29, 1.82) is 0 Å². The number of aliphatic hydroxyl groups excluding tert-OH is 1. The number of carbonyl (C=O) groups excluding carboxylic acids is 2. The molecule has 338 valence electrons. The molecule has 0 aliphatic heterocycles. The largest absolute Gasteiger partial charge is 0.462 e. The van der Waals surface area contributed by atoms with Crippen LogP contribution in [0.1, 0.15) is 226 Å². The zero-order valence-electron chi connectivity index (χ0n) is 38.5. The number of ether oxygens (including phenoxy) is 2. The van der Waals surface area contributed by atoms with Crippen LogP contribution in [0.15, 0.2) is 85.1 Å². The number of rotatable bonds is 44. The number of esters is 2. The van der Waals surface area contributed by atoms with Crippen LogP contribution in [0.25, 0.3) is 0 Å². The predicted octanol–water partition coefficient (Wildman–Crippen LogP) is 16.2. The van der Waals surface area contributed by atoms with Crippen molar-refractivity contribution < 1.29 is 24.2 Å². The fourth-order valence-corrected chi connectivity index (χ4v) is 6.78. The third-order valence-corrected chi connectivity index (χ3v) is 10.5. The molecular weight excluding hydrogens is 729 g/mol. The second-order valence-corrected chi connectivity index (χ2v) is 16.2. The van der Waals surface area contributed by atoms with Gasteiger partial charge in [-0.2, -0.15) is 0 Å². The summed E-state index contributed by atoms with van der Waals surface area (Å²) in [6.45, 7) is 3.99. The van der Waals surface area contributed by atoms with E-state index in [2.05, 4.69) is 98.9 Å². The van der Waals surface area contributed by atoms with Crippen LogP contribution in [0.5, 0.6) is 0 Å². The fraction of sp³-hybridized carbons (Fsp3) is 0.704. The smallest absolute Gasteiger partial charge is 0.306 e. The molecule has 0 rings (SSSR count). The minimum absolute atomic E-state index is 0.0910. The summed E-state index contributed by atoms with van der Waals surface area (Å²) in [7, 11) is 0. The van der Waals surface area contributed by atoms with Gasteiger partial charge in [-0.3, -0.25) is 9.59 Å². The van der Waals surface area contributed by atoms with E-state index >= 15 is 0 Å². The van der Waals surface area contributed by atoms with Crippen LogP contribution in [0.2, 0.25) is 0 Å². The number of carbonyl (C=O) groups is 2. The zero-order chi connectivity index (χ0) is 42.8. The van der Waals surface area contributed by atoms with Crippen LogP contribution < -0.4 is 0 Å². The highest BCUT2D eigenvalue weighted by Gasteiger charge is 2.16. The van der Waals surface area contributed by atoms with Gasteiger partial charge < -0.3 is 14.6 Å². The fourth-order valence-electron chi connectivity index (χ4n) is 6.78. The van der Waals surface area contributed by atoms with E-state index in [1.54, 1.807) is 0 Å². The van der Waals surface area contributed by atoms with E-state index in [1.165, 1.54) is 122 Å². The number of hydrogen-bond donors (Lipinski definition) is 1. The first-order chi connectivity index (χ1) is 29.1. The average Bonchev–Trinajstić information content (AvgIpc) is 3.24. The summed E-state index contributed by atoms with van der Waals surface area (Å²) < 4.78 is 10.6. The lowest BCUT2D eigenvalue weighted by molar-refractivity contribution is -0.161. The van der Waals surface area contributed by atoms with E-state index in [1.807, 2.05) is 0 Å². The van der Waals surface area contributed by atoms with Crippen LogP contribution in [0.3, 0.4) is 0 Å². The first-order valence-corrected chi connectivity index (χ1v) is 24.6. The van der Waals surface area contributed by atoms with Crippen molar-refractivity contribution >= 4 is 11.9 Å². The van der Waals surface area contributed by atoms with Gasteiger partial charge in [-0.15, -0.1) is 0 Å². The van der Waals surface area contributed by atoms with Crippen molar-refractivity contribution in [3.8, 4) is 0 Å². The first kappa shape index (κ1) is 56.1. The molecule has 0 heterocycles. The van der Waals surface area contributed by atoms with Gasteiger partial charge in [-0.1, -0.05) is 234 Å². The summed E-state index contributed by atoms with van der Waals surface area (Å²) >= 11 is 0. The molecular formula is C54H92O5. The maximum absolute atomic E-state index is 12.2. The number of unbranched alkanes of at least 4 members (excludes halogenated alkanes) is 22. The third kappa shape index (κ3) is 47.6. The Hall–Kier alpha value is -2.92. The monoisotopic (exact) mass is 821 g/mol. The number of allylic oxidation sites excluding steroid dienone is 14. The minimum atomic E-state index is -0.806. The lowest BCUT2D eigenvalue weighted by Crippen LogP contribution is -2.28. The molecule has 0 aromatic heterocycles. The van der Waals surface area contributed by atoms with Crippen molar-refractivity contribution in [1.82, 2.24) is 0 Å². The van der Waals surface area contributed by atoms with Crippen molar-refractivity contribution in [2.24, 2.45) is 0 Å². The maximum Gasteiger partial charge on any atom is 0.306 e. The van der Waals surface area contributed by atoms with Crippen LogP contribution in [-0.4, -0.2) is 36.4 Å². The quantitative estimate of drug-likeness (QED) is 0.0376. The molecule has 0 bridgehead atoms. The normalized spacial score (nSPS) is 12.9. The summed E-state index contributed by atoms with van der Waals surface area (Å²) in [6, 6.07) is 0. The third-order valence-electron chi connectivity index (χ3n) is 10.5. The highest BCUT2D eigenvalue weighted by atomic mass is 16.6. The SMILES string of the molecule is CC/C=C\C/C=C\C/C=C\C/C=C\C/C=C\C/C=C\C/C=C\CCCC(=O)OC(CO)COC(=O)CCCCCCCCCCCCCCCCCCCCCCCC. The molecule has 0 aromatic rings. The highest BCUT2D eigenvalue weighted by molar-refractivity contribution is 5.70. The second-order valence-electron chi connectivity index (χ2n) is 16.2. The van der Waals surface area contributed by atoms with Gasteiger partial charge in [0.1, 0.15) is 6.61 Å². The van der Waals surface area contributed by atoms with Gasteiger partial charge in [0, 0.05) is 12.8 Å². The summed E-state index contributed by atoms with van der Waals surface area (Å²) in [6.07, 6.45) is 68.2. The van der Waals surface area contributed by atoms with E-state index in [0.29, 0.717) is 12.8 Å². The summed E-state index contributed by atoms with van der Waals surface area (Å²) in [5, 5.41) is 9.61. The van der Waals surface area contributed by atoms with Gasteiger partial charge in [-0.05, 0) is 64.2 Å². The lowest BCUT2D eigenvalue weighted by atomic mass is 10.0. The Morgan fingerprint density at radius 3 is 1.08 bits per heavy atom. The maximum atomic E-state index is 12.2. The standard InChI is InChI=1S/C54H92O5/c1-3-5-7-9-11-13-15-17-19-21-23-25-27-29-31-33-35-37-39-41-43-45-47-49-54(57)59-52(50-55)51-58-53(56)48-46-44-42-40-38-36-34-32-30-28-26-24-22-20-18-16-14-12-10-8-6-4-2/h5,7,11,13,17,19,23,25,29,31,35,37,41,43,52,55H,3-4,6,8-10,12,14-16,18,20-22,24,26-28,30,32-34,36,38-40,42,44-51H2,1-2H3/b7-5-,13-11-,19-17-,25-23-,31-29-,37-35-,43-41-. The molecule has 0 aliphatic rings. The molecule has 0 radical (unpaired) electrons. The topological polar surface area (TPSA) is 72.8 Å². The molecule has 0 aromatic carbocycles. The van der Waals surface area contributed by atoms with Gasteiger partial charge in [0.15, 0.2) is 6.10 Å². The Kier molecular flexibility index (Phi) is 47.0. The van der Waals surface area contributed by atoms with Crippen molar-refractivity contribution in [3.63, 3.8) is 0 Å². The molecule has 1 atom stereocenters. The summed E-state index contributed by atoms with van der Waals surface area (Å²) in [5.41, 5.74) is 0. The lowest BCUT2D eigenvalue weighted by Gasteiger charge is -2.15. The van der Waals surface area contributed by atoms with E-state index in [4.69, 9.17) is 9.47 Å². The summed E-state index contributed by atoms with van der Waals surface area (Å²) in [4.78, 5) is 24.4. The Labute approximate surface area is 365 Å². The van der Waals surface area contributed by atoms with E-state index in [9.17, 15) is 14.7 Å². The van der Waals surface area contributed by atoms with E-state index in [0.717, 1.165) is 70.6 Å². The molecule has 5 nitrogen and oxygen atoms in total. The van der Waals surface area contributed by atoms with Crippen LogP contribution in [-0.2, 0) is 19.1 Å². The highest BCUT2D eigenvalue weighted by Crippen LogP contribution is 2.16. The van der Waals surface area contributed by atoms with Crippen LogP contribution in [0.4, 0.5) is 0 Å². The van der Waals surface area contributed by atoms with Crippen molar-refractivity contribution in [2.45, 2.75) is 232 Å². The molecule has 59 heavy (non-hydrogen) atoms. The second kappa shape index (κ2) is 49.4. The molecule has 0 saturated carbocycles. The Bertz CT molecular complexity index is 1110. The van der Waals surface area contributed by atoms with Gasteiger partial charge in [-0.25, -0.2) is 0 Å². The van der Waals surface area contributed by atoms with Gasteiger partial charge in [0.25, 0.3) is 0 Å². The average molecular weight is 821 g/mol. The van der Waals surface area contributed by atoms with Crippen LogP contribution in [0, 0.1) is 0 Å². The van der Waals surface area contributed by atoms with Crippen LogP contribution >= 0.6 is 0 Å². The minimum Gasteiger partial charge on any atom is -0.462 e. The molecule has 1 N–H and O–H groups in total. The molecule has 0 spiro atoms. The summed E-state index contributed by atoms with van der Waals surface area (Å²) in [5.74, 6) is -0.658. The molecule has 0 fully saturated rings. The molecule has 1 unspecified atom stereocenters. The molecule has 0 aliphatic carbocycles.